The molecular formula is C23H32O3. The van der Waals surface area contributed by atoms with Crippen molar-refractivity contribution in [2.45, 2.75) is 60.0 Å². The van der Waals surface area contributed by atoms with Crippen LogP contribution in [0.3, 0.4) is 0 Å². The number of ketones is 1. The van der Waals surface area contributed by atoms with Crippen molar-refractivity contribution in [2.24, 2.45) is 11.8 Å². The SMILES string of the molecule is CCC(=O)[C@H](C)/C=C(C)/C=C/C[C@@H](C)/C=C(C)\C=C\[C@H]1CC=CC(=O)O1. The van der Waals surface area contributed by atoms with Gasteiger partial charge in [0.05, 0.1) is 0 Å². The van der Waals surface area contributed by atoms with Crippen LogP contribution < -0.4 is 0 Å². The highest BCUT2D eigenvalue weighted by Crippen LogP contribution is 2.14. The second-order valence-corrected chi connectivity index (χ2v) is 7.02. The largest absolute Gasteiger partial charge is 0.455 e. The molecule has 0 aromatic heterocycles. The standard InChI is InChI=1S/C23H32O3/c1-6-22(24)20(5)16-18(3)10-7-9-17(2)15-19(4)13-14-21-11-8-12-23(25)26-21/h7-8,10,12-17,20-21H,6,9,11H2,1-5H3/b10-7+,14-13+,18-16+,19-15-/t17-,20-,21-/m1/s1. The van der Waals surface area contributed by atoms with Crippen LogP contribution in [0.15, 0.2) is 59.8 Å². The van der Waals surface area contributed by atoms with Crippen molar-refractivity contribution < 1.29 is 14.3 Å². The van der Waals surface area contributed by atoms with E-state index in [-0.39, 0.29) is 23.8 Å². The topological polar surface area (TPSA) is 43.4 Å². The summed E-state index contributed by atoms with van der Waals surface area (Å²) in [4.78, 5) is 22.8. The zero-order chi connectivity index (χ0) is 19.5. The van der Waals surface area contributed by atoms with E-state index in [0.29, 0.717) is 12.3 Å². The van der Waals surface area contributed by atoms with Gasteiger partial charge in [0, 0.05) is 24.8 Å². The fourth-order valence-electron chi connectivity index (χ4n) is 2.82. The van der Waals surface area contributed by atoms with E-state index in [1.807, 2.05) is 45.1 Å². The van der Waals surface area contributed by atoms with Crippen molar-refractivity contribution >= 4 is 11.8 Å². The van der Waals surface area contributed by atoms with Crippen LogP contribution in [0.4, 0.5) is 0 Å². The molecule has 3 heteroatoms. The van der Waals surface area contributed by atoms with Crippen LogP contribution in [0.5, 0.6) is 0 Å². The van der Waals surface area contributed by atoms with Crippen LogP contribution in [-0.4, -0.2) is 17.9 Å². The van der Waals surface area contributed by atoms with Crippen molar-refractivity contribution in [3.05, 3.63) is 59.8 Å². The minimum absolute atomic E-state index is 0.0157. The average Bonchev–Trinajstić information content (AvgIpc) is 2.59. The Morgan fingerprint density at radius 2 is 1.92 bits per heavy atom. The molecule has 142 valence electrons. The molecule has 0 aromatic rings. The van der Waals surface area contributed by atoms with Crippen molar-refractivity contribution in [3.8, 4) is 0 Å². The number of Topliss-reactive ketones (excluding diaryl/α,β-unsaturated/α-hetero) is 1. The molecule has 0 aromatic carbocycles. The minimum atomic E-state index is -0.274. The van der Waals surface area contributed by atoms with E-state index < -0.39 is 0 Å². The maximum Gasteiger partial charge on any atom is 0.331 e. The normalized spacial score (nSPS) is 21.3. The quantitative estimate of drug-likeness (QED) is 0.404. The fourth-order valence-corrected chi connectivity index (χ4v) is 2.82. The third-order valence-corrected chi connectivity index (χ3v) is 4.27. The van der Waals surface area contributed by atoms with E-state index in [4.69, 9.17) is 4.74 Å². The first kappa shape index (κ1) is 21.9. The first-order chi connectivity index (χ1) is 12.3. The fraction of sp³-hybridized carbons (Fsp3) is 0.478. The minimum Gasteiger partial charge on any atom is -0.455 e. The molecule has 0 aliphatic carbocycles. The van der Waals surface area contributed by atoms with Gasteiger partial charge in [0.1, 0.15) is 11.9 Å². The lowest BCUT2D eigenvalue weighted by molar-refractivity contribution is -0.141. The van der Waals surface area contributed by atoms with Gasteiger partial charge < -0.3 is 4.74 Å². The number of ether oxygens (including phenoxy) is 1. The number of esters is 1. The predicted molar refractivity (Wildman–Crippen MR) is 108 cm³/mol. The van der Waals surface area contributed by atoms with Crippen molar-refractivity contribution in [1.82, 2.24) is 0 Å². The summed E-state index contributed by atoms with van der Waals surface area (Å²) in [5, 5.41) is 0. The van der Waals surface area contributed by atoms with E-state index in [1.54, 1.807) is 0 Å². The van der Waals surface area contributed by atoms with E-state index >= 15 is 0 Å². The Balaban J connectivity index is 2.48. The Bertz CT molecular complexity index is 632. The monoisotopic (exact) mass is 356 g/mol. The lowest BCUT2D eigenvalue weighted by Crippen LogP contribution is -2.17. The first-order valence-electron chi connectivity index (χ1n) is 9.43. The summed E-state index contributed by atoms with van der Waals surface area (Å²) in [5.74, 6) is 0.394. The highest BCUT2D eigenvalue weighted by atomic mass is 16.5. The molecule has 3 atom stereocenters. The van der Waals surface area contributed by atoms with Crippen LogP contribution in [0.25, 0.3) is 0 Å². The molecule has 0 N–H and O–H groups in total. The Kier molecular flexibility index (Phi) is 9.64. The molecular weight excluding hydrogens is 324 g/mol. The lowest BCUT2D eigenvalue weighted by Gasteiger charge is -2.14. The number of hydrogen-bond acceptors (Lipinski definition) is 3. The second-order valence-electron chi connectivity index (χ2n) is 7.02. The Hall–Kier alpha value is -2.16. The number of allylic oxidation sites excluding steroid dienone is 7. The third-order valence-electron chi connectivity index (χ3n) is 4.27. The summed E-state index contributed by atoms with van der Waals surface area (Å²) in [6.45, 7) is 10.1. The second kappa shape index (κ2) is 11.5. The van der Waals surface area contributed by atoms with Gasteiger partial charge in [-0.25, -0.2) is 4.79 Å². The number of hydrogen-bond donors (Lipinski definition) is 0. The third kappa shape index (κ3) is 8.80. The maximum atomic E-state index is 11.6. The van der Waals surface area contributed by atoms with Gasteiger partial charge in [-0.2, -0.15) is 0 Å². The number of cyclic esters (lactones) is 1. The number of carbonyl (C=O) groups is 2. The van der Waals surface area contributed by atoms with Gasteiger partial charge in [0.2, 0.25) is 0 Å². The van der Waals surface area contributed by atoms with E-state index in [1.165, 1.54) is 6.08 Å². The van der Waals surface area contributed by atoms with Gasteiger partial charge in [0.15, 0.2) is 0 Å². The van der Waals surface area contributed by atoms with Gasteiger partial charge >= 0.3 is 5.97 Å². The van der Waals surface area contributed by atoms with Crippen molar-refractivity contribution in [3.63, 3.8) is 0 Å². The molecule has 0 spiro atoms. The van der Waals surface area contributed by atoms with Gasteiger partial charge in [-0.3, -0.25) is 4.79 Å². The van der Waals surface area contributed by atoms with Gasteiger partial charge in [-0.05, 0) is 32.3 Å². The molecule has 0 radical (unpaired) electrons. The summed E-state index contributed by atoms with van der Waals surface area (Å²) < 4.78 is 5.21. The molecule has 0 unspecified atom stereocenters. The Labute approximate surface area is 158 Å². The lowest BCUT2D eigenvalue weighted by atomic mass is 10.00. The Morgan fingerprint density at radius 3 is 2.58 bits per heavy atom. The zero-order valence-corrected chi connectivity index (χ0v) is 16.7. The van der Waals surface area contributed by atoms with Crippen LogP contribution in [0.1, 0.15) is 53.9 Å². The molecule has 1 heterocycles. The Morgan fingerprint density at radius 1 is 1.23 bits per heavy atom. The summed E-state index contributed by atoms with van der Waals surface area (Å²) in [6, 6.07) is 0. The van der Waals surface area contributed by atoms with Gasteiger partial charge in [-0.1, -0.05) is 68.4 Å². The first-order valence-corrected chi connectivity index (χ1v) is 9.43. The highest BCUT2D eigenvalue weighted by Gasteiger charge is 2.12. The molecule has 0 saturated heterocycles. The van der Waals surface area contributed by atoms with Crippen LogP contribution in [0, 0.1) is 11.8 Å². The highest BCUT2D eigenvalue weighted by molar-refractivity contribution is 5.83. The summed E-state index contributed by atoms with van der Waals surface area (Å²) in [7, 11) is 0. The molecule has 0 amide bonds. The van der Waals surface area contributed by atoms with Crippen molar-refractivity contribution in [2.75, 3.05) is 0 Å². The zero-order valence-electron chi connectivity index (χ0n) is 16.7. The van der Waals surface area contributed by atoms with Crippen molar-refractivity contribution in [1.29, 1.82) is 0 Å². The summed E-state index contributed by atoms with van der Waals surface area (Å²) in [5.41, 5.74) is 2.28. The van der Waals surface area contributed by atoms with Crippen LogP contribution in [0.2, 0.25) is 0 Å². The van der Waals surface area contributed by atoms with E-state index in [9.17, 15) is 9.59 Å². The number of rotatable bonds is 9. The molecule has 1 rings (SSSR count). The smallest absolute Gasteiger partial charge is 0.331 e. The number of carbonyl (C=O) groups excluding carboxylic acids is 2. The summed E-state index contributed by atoms with van der Waals surface area (Å²) >= 11 is 0. The molecule has 0 bridgehead atoms. The average molecular weight is 357 g/mol. The maximum absolute atomic E-state index is 11.6. The molecule has 26 heavy (non-hydrogen) atoms. The molecule has 0 saturated carbocycles. The van der Waals surface area contributed by atoms with E-state index in [2.05, 4.69) is 32.1 Å². The van der Waals surface area contributed by atoms with Crippen LogP contribution >= 0.6 is 0 Å². The van der Waals surface area contributed by atoms with Gasteiger partial charge in [-0.15, -0.1) is 0 Å². The molecule has 3 nitrogen and oxygen atoms in total. The summed E-state index contributed by atoms with van der Waals surface area (Å²) in [6.07, 6.45) is 17.8. The van der Waals surface area contributed by atoms with Crippen LogP contribution in [-0.2, 0) is 14.3 Å². The predicted octanol–water partition coefficient (Wildman–Crippen LogP) is 5.50. The van der Waals surface area contributed by atoms with Gasteiger partial charge in [0.25, 0.3) is 0 Å². The van der Waals surface area contributed by atoms with E-state index in [0.717, 1.165) is 24.0 Å². The molecule has 1 aliphatic heterocycles. The molecule has 1 aliphatic rings. The molecule has 0 fully saturated rings.